The van der Waals surface area contributed by atoms with Crippen molar-refractivity contribution >= 4 is 17.4 Å². The standard InChI is InChI=1S/C24H21ClN6O/c1-15-21(16(2)31(29-15)14-18-11-7-8-12-20(18)25)22(32)19(13-26)24-28-27-23(30(24)3)17-9-5-4-6-10-17/h4-12,19H,14H2,1-3H3. The SMILES string of the molecule is Cc1nn(Cc2ccccc2Cl)c(C)c1C(=O)C(C#N)c1nnc(-c2ccccc2)n1C. The summed E-state index contributed by atoms with van der Waals surface area (Å²) in [5, 5.41) is 23.5. The van der Waals surface area contributed by atoms with Crippen LogP contribution in [0.25, 0.3) is 11.4 Å². The average Bonchev–Trinajstić information content (AvgIpc) is 3.30. The Balaban J connectivity index is 1.68. The zero-order chi connectivity index (χ0) is 22.8. The second kappa shape index (κ2) is 8.77. The fourth-order valence-corrected chi connectivity index (χ4v) is 4.00. The van der Waals surface area contributed by atoms with Crippen molar-refractivity contribution in [2.75, 3.05) is 0 Å². The molecule has 32 heavy (non-hydrogen) atoms. The quantitative estimate of drug-likeness (QED) is 0.409. The van der Waals surface area contributed by atoms with Crippen LogP contribution in [0.4, 0.5) is 0 Å². The minimum absolute atomic E-state index is 0.300. The summed E-state index contributed by atoms with van der Waals surface area (Å²) in [7, 11) is 1.76. The van der Waals surface area contributed by atoms with Crippen molar-refractivity contribution in [1.82, 2.24) is 24.5 Å². The number of carbonyl (C=O) groups is 1. The molecular weight excluding hydrogens is 424 g/mol. The van der Waals surface area contributed by atoms with Crippen molar-refractivity contribution in [3.63, 3.8) is 0 Å². The van der Waals surface area contributed by atoms with Crippen LogP contribution < -0.4 is 0 Å². The molecule has 4 rings (SSSR count). The Kier molecular flexibility index (Phi) is 5.89. The maximum atomic E-state index is 13.5. The molecule has 2 aromatic heterocycles. The van der Waals surface area contributed by atoms with Gasteiger partial charge in [-0.1, -0.05) is 60.1 Å². The van der Waals surface area contributed by atoms with Crippen LogP contribution >= 0.6 is 11.6 Å². The summed E-state index contributed by atoms with van der Waals surface area (Å²) >= 11 is 6.29. The molecule has 1 atom stereocenters. The molecule has 8 heteroatoms. The summed E-state index contributed by atoms with van der Waals surface area (Å²) in [5.41, 5.74) is 3.42. The van der Waals surface area contributed by atoms with E-state index in [2.05, 4.69) is 21.4 Å². The van der Waals surface area contributed by atoms with Gasteiger partial charge in [0.25, 0.3) is 0 Å². The number of hydrogen-bond donors (Lipinski definition) is 0. The van der Waals surface area contributed by atoms with E-state index in [1.54, 1.807) is 23.2 Å². The predicted molar refractivity (Wildman–Crippen MR) is 121 cm³/mol. The molecule has 0 radical (unpaired) electrons. The van der Waals surface area contributed by atoms with Crippen LogP contribution in [0.3, 0.4) is 0 Å². The molecule has 0 amide bonds. The summed E-state index contributed by atoms with van der Waals surface area (Å²) < 4.78 is 3.43. The van der Waals surface area contributed by atoms with Gasteiger partial charge in [0.1, 0.15) is 0 Å². The Morgan fingerprint density at radius 2 is 1.78 bits per heavy atom. The van der Waals surface area contributed by atoms with Gasteiger partial charge < -0.3 is 4.57 Å². The van der Waals surface area contributed by atoms with Crippen LogP contribution in [0.2, 0.25) is 5.02 Å². The highest BCUT2D eigenvalue weighted by Gasteiger charge is 2.31. The van der Waals surface area contributed by atoms with Crippen LogP contribution in [0.5, 0.6) is 0 Å². The molecule has 0 aliphatic carbocycles. The summed E-state index contributed by atoms with van der Waals surface area (Å²) in [6, 6.07) is 19.1. The Hall–Kier alpha value is -3.76. The topological polar surface area (TPSA) is 89.4 Å². The van der Waals surface area contributed by atoms with Crippen molar-refractivity contribution in [3.05, 3.63) is 88.0 Å². The van der Waals surface area contributed by atoms with Gasteiger partial charge in [0.2, 0.25) is 0 Å². The van der Waals surface area contributed by atoms with Crippen LogP contribution in [0, 0.1) is 25.2 Å². The Morgan fingerprint density at radius 3 is 2.47 bits per heavy atom. The fraction of sp³-hybridized carbons (Fsp3) is 0.208. The maximum Gasteiger partial charge on any atom is 0.191 e. The summed E-state index contributed by atoms with van der Waals surface area (Å²) in [5.74, 6) is -0.547. The van der Waals surface area contributed by atoms with Gasteiger partial charge >= 0.3 is 0 Å². The van der Waals surface area contributed by atoms with E-state index in [-0.39, 0.29) is 5.78 Å². The van der Waals surface area contributed by atoms with E-state index < -0.39 is 5.92 Å². The normalized spacial score (nSPS) is 11.8. The van der Waals surface area contributed by atoms with Crippen molar-refractivity contribution < 1.29 is 4.79 Å². The first-order chi connectivity index (χ1) is 15.4. The molecule has 2 aromatic carbocycles. The van der Waals surface area contributed by atoms with E-state index in [0.29, 0.717) is 40.2 Å². The van der Waals surface area contributed by atoms with Crippen molar-refractivity contribution in [2.45, 2.75) is 26.3 Å². The number of nitriles is 1. The van der Waals surface area contributed by atoms with Gasteiger partial charge in [-0.25, -0.2) is 0 Å². The number of hydrogen-bond acceptors (Lipinski definition) is 5. The molecule has 0 aliphatic heterocycles. The predicted octanol–water partition coefficient (Wildman–Crippen LogP) is 4.49. The van der Waals surface area contributed by atoms with E-state index in [1.807, 2.05) is 61.5 Å². The number of rotatable bonds is 6. The monoisotopic (exact) mass is 444 g/mol. The van der Waals surface area contributed by atoms with Gasteiger partial charge in [0.05, 0.1) is 23.9 Å². The van der Waals surface area contributed by atoms with Crippen LogP contribution in [-0.4, -0.2) is 30.3 Å². The van der Waals surface area contributed by atoms with Gasteiger partial charge in [0, 0.05) is 23.3 Å². The highest BCUT2D eigenvalue weighted by Crippen LogP contribution is 2.27. The van der Waals surface area contributed by atoms with Gasteiger partial charge in [-0.2, -0.15) is 10.4 Å². The number of carbonyl (C=O) groups excluding carboxylic acids is 1. The summed E-state index contributed by atoms with van der Waals surface area (Å²) in [6.07, 6.45) is 0. The number of benzene rings is 2. The van der Waals surface area contributed by atoms with Crippen molar-refractivity contribution in [1.29, 1.82) is 5.26 Å². The molecule has 0 N–H and O–H groups in total. The van der Waals surface area contributed by atoms with E-state index in [4.69, 9.17) is 11.6 Å². The average molecular weight is 445 g/mol. The first kappa shape index (κ1) is 21.5. The van der Waals surface area contributed by atoms with E-state index in [1.165, 1.54) is 0 Å². The van der Waals surface area contributed by atoms with Gasteiger partial charge in [-0.3, -0.25) is 9.48 Å². The van der Waals surface area contributed by atoms with Gasteiger partial charge in [0.15, 0.2) is 23.3 Å². The fourth-order valence-electron chi connectivity index (χ4n) is 3.80. The molecule has 2 heterocycles. The molecule has 0 aliphatic rings. The summed E-state index contributed by atoms with van der Waals surface area (Å²) in [4.78, 5) is 13.5. The molecule has 1 unspecified atom stereocenters. The number of halogens is 1. The zero-order valence-corrected chi connectivity index (χ0v) is 18.7. The molecule has 0 bridgehead atoms. The third kappa shape index (κ3) is 3.81. The Morgan fingerprint density at radius 1 is 1.09 bits per heavy atom. The number of aromatic nitrogens is 5. The van der Waals surface area contributed by atoms with Crippen LogP contribution in [-0.2, 0) is 13.6 Å². The maximum absolute atomic E-state index is 13.5. The first-order valence-electron chi connectivity index (χ1n) is 10.1. The molecule has 0 fully saturated rings. The van der Waals surface area contributed by atoms with Crippen molar-refractivity contribution in [2.24, 2.45) is 7.05 Å². The number of nitrogens with zero attached hydrogens (tertiary/aromatic N) is 6. The molecule has 4 aromatic rings. The minimum Gasteiger partial charge on any atom is -0.313 e. The Bertz CT molecular complexity index is 1330. The number of ketones is 1. The van der Waals surface area contributed by atoms with Gasteiger partial charge in [-0.05, 0) is 25.5 Å². The second-order valence-corrected chi connectivity index (χ2v) is 7.94. The lowest BCUT2D eigenvalue weighted by atomic mass is 9.96. The van der Waals surface area contributed by atoms with Crippen LogP contribution in [0.15, 0.2) is 54.6 Å². The second-order valence-electron chi connectivity index (χ2n) is 7.53. The van der Waals surface area contributed by atoms with E-state index in [9.17, 15) is 10.1 Å². The third-order valence-electron chi connectivity index (χ3n) is 5.50. The molecule has 0 saturated carbocycles. The lowest BCUT2D eigenvalue weighted by molar-refractivity contribution is 0.0973. The third-order valence-corrected chi connectivity index (χ3v) is 5.86. The van der Waals surface area contributed by atoms with Crippen LogP contribution in [0.1, 0.15) is 39.1 Å². The first-order valence-corrected chi connectivity index (χ1v) is 10.5. The molecule has 7 nitrogen and oxygen atoms in total. The van der Waals surface area contributed by atoms with E-state index >= 15 is 0 Å². The van der Waals surface area contributed by atoms with E-state index in [0.717, 1.165) is 11.1 Å². The molecule has 0 spiro atoms. The molecule has 0 saturated heterocycles. The van der Waals surface area contributed by atoms with Crippen molar-refractivity contribution in [3.8, 4) is 17.5 Å². The number of aryl methyl sites for hydroxylation is 1. The molecular formula is C24H21ClN6O. The lowest BCUT2D eigenvalue weighted by Crippen LogP contribution is -2.17. The largest absolute Gasteiger partial charge is 0.313 e. The molecule has 160 valence electrons. The summed E-state index contributed by atoms with van der Waals surface area (Å²) in [6.45, 7) is 4.02. The smallest absolute Gasteiger partial charge is 0.191 e. The Labute approximate surface area is 190 Å². The highest BCUT2D eigenvalue weighted by molar-refractivity contribution is 6.31. The van der Waals surface area contributed by atoms with Gasteiger partial charge in [-0.15, -0.1) is 10.2 Å². The zero-order valence-electron chi connectivity index (χ0n) is 18.0. The minimum atomic E-state index is -1.10. The number of Topliss-reactive ketones (excluding diaryl/α,β-unsaturated/α-hetero) is 1. The lowest BCUT2D eigenvalue weighted by Gasteiger charge is -2.10. The highest BCUT2D eigenvalue weighted by atomic mass is 35.5.